The molecule has 2 heterocycles. The van der Waals surface area contributed by atoms with Gasteiger partial charge in [-0.2, -0.15) is 5.10 Å². The van der Waals surface area contributed by atoms with Crippen LogP contribution in [0.2, 0.25) is 0 Å². The number of ether oxygens (including phenoxy) is 2. The number of halogens is 1. The van der Waals surface area contributed by atoms with Crippen LogP contribution in [0.1, 0.15) is 17.2 Å². The minimum Gasteiger partial charge on any atom is -0.457 e. The van der Waals surface area contributed by atoms with E-state index < -0.39 is 0 Å². The molecule has 2 aromatic carbocycles. The summed E-state index contributed by atoms with van der Waals surface area (Å²) in [5.74, 6) is 1.86. The maximum absolute atomic E-state index is 13.0. The van der Waals surface area contributed by atoms with E-state index in [0.717, 1.165) is 30.2 Å². The van der Waals surface area contributed by atoms with Gasteiger partial charge in [0.1, 0.15) is 23.4 Å². The summed E-state index contributed by atoms with van der Waals surface area (Å²) >= 11 is 0. The SMILES string of the molecule is CN=C(NCc1ccc(Oc2ccc(F)cc2)cc1)N1CCOC(c2cnn(C)c2)C1. The molecule has 1 saturated heterocycles. The number of aliphatic imine (C=N–C) groups is 1. The number of rotatable bonds is 5. The first kappa shape index (κ1) is 20.9. The van der Waals surface area contributed by atoms with Crippen LogP contribution in [0.4, 0.5) is 4.39 Å². The van der Waals surface area contributed by atoms with Crippen LogP contribution in [0.5, 0.6) is 11.5 Å². The Balaban J connectivity index is 1.32. The van der Waals surface area contributed by atoms with Gasteiger partial charge in [0.2, 0.25) is 0 Å². The van der Waals surface area contributed by atoms with Gasteiger partial charge in [-0.1, -0.05) is 12.1 Å². The van der Waals surface area contributed by atoms with Crippen LogP contribution in [-0.4, -0.2) is 47.4 Å². The minimum absolute atomic E-state index is 0.0242. The summed E-state index contributed by atoms with van der Waals surface area (Å²) in [6, 6.07) is 13.8. The van der Waals surface area contributed by atoms with Crippen LogP contribution in [0.25, 0.3) is 0 Å². The lowest BCUT2D eigenvalue weighted by Crippen LogP contribution is -2.47. The molecule has 1 aliphatic heterocycles. The number of aromatic nitrogens is 2. The third-order valence-corrected chi connectivity index (χ3v) is 5.10. The fourth-order valence-corrected chi connectivity index (χ4v) is 3.48. The lowest BCUT2D eigenvalue weighted by Gasteiger charge is -2.34. The number of benzene rings is 2. The standard InChI is InChI=1S/C23H26FN5O2/c1-25-23(29-11-12-30-22(16-29)18-14-27-28(2)15-18)26-13-17-3-7-20(8-4-17)31-21-9-5-19(24)6-10-21/h3-10,14-15,22H,11-13,16H2,1-2H3,(H,25,26). The Labute approximate surface area is 181 Å². The molecule has 0 bridgehead atoms. The van der Waals surface area contributed by atoms with Crippen molar-refractivity contribution in [3.05, 3.63) is 77.9 Å². The fourth-order valence-electron chi connectivity index (χ4n) is 3.48. The number of hydrogen-bond donors (Lipinski definition) is 1. The highest BCUT2D eigenvalue weighted by Gasteiger charge is 2.25. The van der Waals surface area contributed by atoms with Crippen LogP contribution in [-0.2, 0) is 18.3 Å². The van der Waals surface area contributed by atoms with E-state index >= 15 is 0 Å². The molecule has 0 aliphatic carbocycles. The Kier molecular flexibility index (Phi) is 6.47. The zero-order valence-electron chi connectivity index (χ0n) is 17.7. The number of aryl methyl sites for hydroxylation is 1. The molecule has 1 atom stereocenters. The molecule has 162 valence electrons. The molecule has 1 aliphatic rings. The molecule has 7 nitrogen and oxygen atoms in total. The van der Waals surface area contributed by atoms with E-state index in [4.69, 9.17) is 9.47 Å². The van der Waals surface area contributed by atoms with Crippen LogP contribution < -0.4 is 10.1 Å². The number of nitrogens with one attached hydrogen (secondary N) is 1. The first-order chi connectivity index (χ1) is 15.1. The van der Waals surface area contributed by atoms with Crippen molar-refractivity contribution in [3.8, 4) is 11.5 Å². The zero-order chi connectivity index (χ0) is 21.6. The molecule has 0 radical (unpaired) electrons. The fraction of sp³-hybridized carbons (Fsp3) is 0.304. The summed E-state index contributed by atoms with van der Waals surface area (Å²) in [5, 5.41) is 7.67. The van der Waals surface area contributed by atoms with Crippen molar-refractivity contribution in [2.75, 3.05) is 26.7 Å². The Bertz CT molecular complexity index is 1020. The van der Waals surface area contributed by atoms with E-state index in [2.05, 4.69) is 20.3 Å². The quantitative estimate of drug-likeness (QED) is 0.503. The summed E-state index contributed by atoms with van der Waals surface area (Å²) in [7, 11) is 3.69. The number of morpholine rings is 1. The highest BCUT2D eigenvalue weighted by atomic mass is 19.1. The maximum Gasteiger partial charge on any atom is 0.194 e. The number of nitrogens with zero attached hydrogens (tertiary/aromatic N) is 4. The molecule has 0 amide bonds. The van der Waals surface area contributed by atoms with Gasteiger partial charge in [-0.15, -0.1) is 0 Å². The van der Waals surface area contributed by atoms with Crippen molar-refractivity contribution < 1.29 is 13.9 Å². The summed E-state index contributed by atoms with van der Waals surface area (Å²) in [5.41, 5.74) is 2.17. The van der Waals surface area contributed by atoms with Gasteiger partial charge in [-0.05, 0) is 42.0 Å². The lowest BCUT2D eigenvalue weighted by atomic mass is 10.1. The summed E-state index contributed by atoms with van der Waals surface area (Å²) in [6.45, 7) is 2.77. The van der Waals surface area contributed by atoms with Crippen LogP contribution in [0.15, 0.2) is 65.9 Å². The Hall–Kier alpha value is -3.39. The van der Waals surface area contributed by atoms with Crippen molar-refractivity contribution in [1.82, 2.24) is 20.0 Å². The molecule has 1 aromatic heterocycles. The third-order valence-electron chi connectivity index (χ3n) is 5.10. The predicted molar refractivity (Wildman–Crippen MR) is 117 cm³/mol. The molecule has 0 saturated carbocycles. The Morgan fingerprint density at radius 2 is 1.90 bits per heavy atom. The second-order valence-corrected chi connectivity index (χ2v) is 7.35. The third kappa shape index (κ3) is 5.40. The molecule has 1 fully saturated rings. The van der Waals surface area contributed by atoms with Gasteiger partial charge < -0.3 is 19.7 Å². The van der Waals surface area contributed by atoms with Gasteiger partial charge >= 0.3 is 0 Å². The van der Waals surface area contributed by atoms with Crippen LogP contribution in [0.3, 0.4) is 0 Å². The molecule has 4 rings (SSSR count). The first-order valence-corrected chi connectivity index (χ1v) is 10.2. The minimum atomic E-state index is -0.283. The normalized spacial score (nSPS) is 16.9. The molecule has 3 aromatic rings. The molecular weight excluding hydrogens is 397 g/mol. The van der Waals surface area contributed by atoms with Gasteiger partial charge in [0.15, 0.2) is 5.96 Å². The molecular formula is C23H26FN5O2. The van der Waals surface area contributed by atoms with E-state index in [-0.39, 0.29) is 11.9 Å². The average molecular weight is 423 g/mol. The Morgan fingerprint density at radius 3 is 2.55 bits per heavy atom. The summed E-state index contributed by atoms with van der Waals surface area (Å²) < 4.78 is 26.5. The van der Waals surface area contributed by atoms with E-state index in [1.807, 2.05) is 43.7 Å². The average Bonchev–Trinajstić information content (AvgIpc) is 3.23. The lowest BCUT2D eigenvalue weighted by molar-refractivity contribution is -0.00805. The first-order valence-electron chi connectivity index (χ1n) is 10.2. The second-order valence-electron chi connectivity index (χ2n) is 7.35. The monoisotopic (exact) mass is 423 g/mol. The highest BCUT2D eigenvalue weighted by molar-refractivity contribution is 5.80. The molecule has 1 N–H and O–H groups in total. The summed E-state index contributed by atoms with van der Waals surface area (Å²) in [4.78, 5) is 6.64. The van der Waals surface area contributed by atoms with E-state index in [9.17, 15) is 4.39 Å². The van der Waals surface area contributed by atoms with Crippen molar-refractivity contribution in [1.29, 1.82) is 0 Å². The van der Waals surface area contributed by atoms with Gasteiger partial charge in [-0.25, -0.2) is 4.39 Å². The van der Waals surface area contributed by atoms with Crippen molar-refractivity contribution in [2.45, 2.75) is 12.6 Å². The molecule has 0 spiro atoms. The van der Waals surface area contributed by atoms with Crippen molar-refractivity contribution >= 4 is 5.96 Å². The van der Waals surface area contributed by atoms with E-state index in [1.54, 1.807) is 23.9 Å². The van der Waals surface area contributed by atoms with Crippen molar-refractivity contribution in [2.24, 2.45) is 12.0 Å². The van der Waals surface area contributed by atoms with Gasteiger partial charge in [0, 0.05) is 38.9 Å². The Morgan fingerprint density at radius 1 is 1.19 bits per heavy atom. The maximum atomic E-state index is 13.0. The topological polar surface area (TPSA) is 63.9 Å². The second kappa shape index (κ2) is 9.61. The highest BCUT2D eigenvalue weighted by Crippen LogP contribution is 2.23. The van der Waals surface area contributed by atoms with Gasteiger partial charge in [0.25, 0.3) is 0 Å². The molecule has 8 heteroatoms. The van der Waals surface area contributed by atoms with Crippen LogP contribution in [0, 0.1) is 5.82 Å². The molecule has 1 unspecified atom stereocenters. The summed E-state index contributed by atoms with van der Waals surface area (Å²) in [6.07, 6.45) is 3.81. The van der Waals surface area contributed by atoms with E-state index in [0.29, 0.717) is 24.7 Å². The van der Waals surface area contributed by atoms with Gasteiger partial charge in [-0.3, -0.25) is 9.67 Å². The zero-order valence-corrected chi connectivity index (χ0v) is 17.7. The number of hydrogen-bond acceptors (Lipinski definition) is 4. The predicted octanol–water partition coefficient (Wildman–Crippen LogP) is 3.50. The van der Waals surface area contributed by atoms with Gasteiger partial charge in [0.05, 0.1) is 19.3 Å². The largest absolute Gasteiger partial charge is 0.457 e. The van der Waals surface area contributed by atoms with Crippen LogP contribution >= 0.6 is 0 Å². The smallest absolute Gasteiger partial charge is 0.194 e. The molecule has 31 heavy (non-hydrogen) atoms. The number of guanidine groups is 1. The van der Waals surface area contributed by atoms with Crippen molar-refractivity contribution in [3.63, 3.8) is 0 Å². The van der Waals surface area contributed by atoms with E-state index in [1.165, 1.54) is 12.1 Å².